The summed E-state index contributed by atoms with van der Waals surface area (Å²) < 4.78 is 5.20. The summed E-state index contributed by atoms with van der Waals surface area (Å²) in [6.07, 6.45) is 1.14. The Labute approximate surface area is 144 Å². The van der Waals surface area contributed by atoms with Crippen molar-refractivity contribution in [2.45, 2.75) is 26.3 Å². The number of nitrogens with one attached hydrogen (secondary N) is 1. The molecule has 7 heteroatoms. The van der Waals surface area contributed by atoms with Crippen molar-refractivity contribution in [1.82, 2.24) is 10.3 Å². The SMILES string of the molecule is CCOCCCC(=O)NCc1cccc(-c2nc(C(=O)O)cs2)c1. The Morgan fingerprint density at radius 1 is 1.38 bits per heavy atom. The topological polar surface area (TPSA) is 88.5 Å². The Morgan fingerprint density at radius 3 is 2.92 bits per heavy atom. The largest absolute Gasteiger partial charge is 0.476 e. The molecule has 6 nitrogen and oxygen atoms in total. The van der Waals surface area contributed by atoms with Crippen LogP contribution in [0.15, 0.2) is 29.6 Å². The highest BCUT2D eigenvalue weighted by molar-refractivity contribution is 7.13. The Kier molecular flexibility index (Phi) is 6.89. The van der Waals surface area contributed by atoms with E-state index in [9.17, 15) is 9.59 Å². The predicted octanol–water partition coefficient (Wildman–Crippen LogP) is 2.94. The van der Waals surface area contributed by atoms with Gasteiger partial charge in [0.15, 0.2) is 5.69 Å². The van der Waals surface area contributed by atoms with Crippen LogP contribution >= 0.6 is 11.3 Å². The first-order chi connectivity index (χ1) is 11.6. The minimum Gasteiger partial charge on any atom is -0.476 e. The number of ether oxygens (including phenoxy) is 1. The van der Waals surface area contributed by atoms with Crippen LogP contribution in [0, 0.1) is 0 Å². The third kappa shape index (κ3) is 5.43. The van der Waals surface area contributed by atoms with Gasteiger partial charge in [-0.15, -0.1) is 11.3 Å². The van der Waals surface area contributed by atoms with Gasteiger partial charge in [0.2, 0.25) is 5.91 Å². The summed E-state index contributed by atoms with van der Waals surface area (Å²) >= 11 is 1.29. The van der Waals surface area contributed by atoms with Gasteiger partial charge >= 0.3 is 5.97 Å². The van der Waals surface area contributed by atoms with E-state index >= 15 is 0 Å². The second-order valence-corrected chi connectivity index (χ2v) is 5.98. The zero-order valence-electron chi connectivity index (χ0n) is 13.4. The van der Waals surface area contributed by atoms with Gasteiger partial charge < -0.3 is 15.2 Å². The van der Waals surface area contributed by atoms with Gasteiger partial charge in [0, 0.05) is 37.1 Å². The van der Waals surface area contributed by atoms with Crippen molar-refractivity contribution in [3.63, 3.8) is 0 Å². The smallest absolute Gasteiger partial charge is 0.355 e. The summed E-state index contributed by atoms with van der Waals surface area (Å²) in [5.41, 5.74) is 1.83. The summed E-state index contributed by atoms with van der Waals surface area (Å²) in [6.45, 7) is 3.61. The Morgan fingerprint density at radius 2 is 2.21 bits per heavy atom. The lowest BCUT2D eigenvalue weighted by molar-refractivity contribution is -0.121. The van der Waals surface area contributed by atoms with Crippen molar-refractivity contribution >= 4 is 23.2 Å². The minimum atomic E-state index is -1.03. The number of benzene rings is 1. The molecule has 128 valence electrons. The third-order valence-corrected chi connectivity index (χ3v) is 4.17. The molecule has 0 fully saturated rings. The van der Waals surface area contributed by atoms with E-state index in [4.69, 9.17) is 9.84 Å². The molecule has 0 unspecified atom stereocenters. The molecular weight excluding hydrogens is 328 g/mol. The molecule has 0 aliphatic carbocycles. The molecule has 2 rings (SSSR count). The van der Waals surface area contributed by atoms with Crippen LogP contribution in [-0.2, 0) is 16.1 Å². The van der Waals surface area contributed by atoms with Crippen LogP contribution in [0.1, 0.15) is 35.8 Å². The first-order valence-electron chi connectivity index (χ1n) is 7.72. The molecule has 0 atom stereocenters. The standard InChI is InChI=1S/C17H20N2O4S/c1-2-23-8-4-7-15(20)18-10-12-5-3-6-13(9-12)16-19-14(11-24-16)17(21)22/h3,5-6,9,11H,2,4,7-8,10H2,1H3,(H,18,20)(H,21,22). The molecule has 1 heterocycles. The average molecular weight is 348 g/mol. The Hall–Kier alpha value is -2.25. The summed E-state index contributed by atoms with van der Waals surface area (Å²) in [5, 5.41) is 14.0. The summed E-state index contributed by atoms with van der Waals surface area (Å²) in [6, 6.07) is 7.56. The fourth-order valence-corrected chi connectivity index (χ4v) is 2.88. The Balaban J connectivity index is 1.90. The number of carboxylic acid groups (broad SMARTS) is 1. The van der Waals surface area contributed by atoms with Gasteiger partial charge in [0.05, 0.1) is 0 Å². The van der Waals surface area contributed by atoms with Crippen molar-refractivity contribution in [2.24, 2.45) is 0 Å². The van der Waals surface area contributed by atoms with E-state index in [0.717, 1.165) is 11.1 Å². The van der Waals surface area contributed by atoms with E-state index in [-0.39, 0.29) is 11.6 Å². The highest BCUT2D eigenvalue weighted by atomic mass is 32.1. The second-order valence-electron chi connectivity index (χ2n) is 5.12. The fraction of sp³-hybridized carbons (Fsp3) is 0.353. The summed E-state index contributed by atoms with van der Waals surface area (Å²) in [7, 11) is 0. The van der Waals surface area contributed by atoms with Crippen LogP contribution in [0.4, 0.5) is 0 Å². The van der Waals surface area contributed by atoms with Crippen molar-refractivity contribution in [1.29, 1.82) is 0 Å². The monoisotopic (exact) mass is 348 g/mol. The normalized spacial score (nSPS) is 10.5. The van der Waals surface area contributed by atoms with E-state index < -0.39 is 5.97 Å². The molecule has 0 bridgehead atoms. The van der Waals surface area contributed by atoms with Gasteiger partial charge in [0.25, 0.3) is 0 Å². The summed E-state index contributed by atoms with van der Waals surface area (Å²) in [5.74, 6) is -1.05. The number of amides is 1. The molecule has 2 aromatic rings. The van der Waals surface area contributed by atoms with Gasteiger partial charge in [-0.05, 0) is 25.0 Å². The van der Waals surface area contributed by atoms with Crippen LogP contribution in [0.5, 0.6) is 0 Å². The molecular formula is C17H20N2O4S. The molecule has 0 aliphatic rings. The quantitative estimate of drug-likeness (QED) is 0.680. The van der Waals surface area contributed by atoms with Crippen molar-refractivity contribution < 1.29 is 19.4 Å². The molecule has 0 saturated heterocycles. The predicted molar refractivity (Wildman–Crippen MR) is 92.1 cm³/mol. The van der Waals surface area contributed by atoms with E-state index in [1.165, 1.54) is 16.7 Å². The maximum Gasteiger partial charge on any atom is 0.355 e. The molecule has 1 aromatic carbocycles. The number of rotatable bonds is 9. The molecule has 0 saturated carbocycles. The first kappa shape index (κ1) is 18.1. The second kappa shape index (κ2) is 9.14. The van der Waals surface area contributed by atoms with Crippen LogP contribution < -0.4 is 5.32 Å². The molecule has 2 N–H and O–H groups in total. The van der Waals surface area contributed by atoms with Gasteiger partial charge in [-0.25, -0.2) is 9.78 Å². The zero-order chi connectivity index (χ0) is 17.4. The first-order valence-corrected chi connectivity index (χ1v) is 8.60. The number of carbonyl (C=O) groups excluding carboxylic acids is 1. The lowest BCUT2D eigenvalue weighted by atomic mass is 10.1. The highest BCUT2D eigenvalue weighted by Gasteiger charge is 2.10. The number of aromatic carboxylic acids is 1. The molecule has 1 amide bonds. The van der Waals surface area contributed by atoms with Gasteiger partial charge in [-0.2, -0.15) is 0 Å². The maximum absolute atomic E-state index is 11.8. The maximum atomic E-state index is 11.8. The van der Waals surface area contributed by atoms with Crippen molar-refractivity contribution in [2.75, 3.05) is 13.2 Å². The number of carboxylic acids is 1. The summed E-state index contributed by atoms with van der Waals surface area (Å²) in [4.78, 5) is 26.8. The molecule has 0 radical (unpaired) electrons. The highest BCUT2D eigenvalue weighted by Crippen LogP contribution is 2.24. The number of nitrogens with zero attached hydrogens (tertiary/aromatic N) is 1. The van der Waals surface area contributed by atoms with Crippen LogP contribution in [0.2, 0.25) is 0 Å². The van der Waals surface area contributed by atoms with Crippen LogP contribution in [0.3, 0.4) is 0 Å². The molecule has 24 heavy (non-hydrogen) atoms. The van der Waals surface area contributed by atoms with E-state index in [1.807, 2.05) is 31.2 Å². The van der Waals surface area contributed by atoms with E-state index in [2.05, 4.69) is 10.3 Å². The molecule has 1 aromatic heterocycles. The number of thiazole rings is 1. The number of aromatic nitrogens is 1. The van der Waals surface area contributed by atoms with Crippen molar-refractivity contribution in [3.05, 3.63) is 40.9 Å². The minimum absolute atomic E-state index is 0.0116. The van der Waals surface area contributed by atoms with Gasteiger partial charge in [-0.3, -0.25) is 4.79 Å². The fourth-order valence-electron chi connectivity index (χ4n) is 2.09. The van der Waals surface area contributed by atoms with Crippen molar-refractivity contribution in [3.8, 4) is 10.6 Å². The van der Waals surface area contributed by atoms with E-state index in [0.29, 0.717) is 37.6 Å². The lowest BCUT2D eigenvalue weighted by Crippen LogP contribution is -2.22. The van der Waals surface area contributed by atoms with Crippen LogP contribution in [-0.4, -0.2) is 35.2 Å². The molecule has 0 spiro atoms. The van der Waals surface area contributed by atoms with E-state index in [1.54, 1.807) is 0 Å². The number of hydrogen-bond donors (Lipinski definition) is 2. The van der Waals surface area contributed by atoms with Gasteiger partial charge in [-0.1, -0.05) is 18.2 Å². The Bertz CT molecular complexity index is 699. The molecule has 0 aliphatic heterocycles. The lowest BCUT2D eigenvalue weighted by Gasteiger charge is -2.07. The number of carbonyl (C=O) groups is 2. The number of hydrogen-bond acceptors (Lipinski definition) is 5. The van der Waals surface area contributed by atoms with Crippen LogP contribution in [0.25, 0.3) is 10.6 Å². The van der Waals surface area contributed by atoms with Gasteiger partial charge in [0.1, 0.15) is 5.01 Å². The average Bonchev–Trinajstić information content (AvgIpc) is 3.08. The third-order valence-electron chi connectivity index (χ3n) is 3.28. The zero-order valence-corrected chi connectivity index (χ0v) is 14.3.